The Morgan fingerprint density at radius 3 is 2.67 bits per heavy atom. The maximum atomic E-state index is 13.0. The summed E-state index contributed by atoms with van der Waals surface area (Å²) in [6.45, 7) is 2.00. The van der Waals surface area contributed by atoms with E-state index >= 15 is 0 Å². The van der Waals surface area contributed by atoms with Gasteiger partial charge in [0.1, 0.15) is 5.75 Å². The van der Waals surface area contributed by atoms with Crippen LogP contribution in [0.15, 0.2) is 53.3 Å². The van der Waals surface area contributed by atoms with E-state index in [9.17, 15) is 9.59 Å². The molecule has 0 saturated heterocycles. The molecule has 1 aromatic heterocycles. The Labute approximate surface area is 139 Å². The van der Waals surface area contributed by atoms with Gasteiger partial charge in [-0.2, -0.15) is 0 Å². The second-order valence-electron chi connectivity index (χ2n) is 6.27. The van der Waals surface area contributed by atoms with Crippen LogP contribution >= 0.6 is 0 Å². The molecule has 4 heteroatoms. The summed E-state index contributed by atoms with van der Waals surface area (Å²) >= 11 is 0. The lowest BCUT2D eigenvalue weighted by Gasteiger charge is -2.26. The smallest absolute Gasteiger partial charge is 0.312 e. The van der Waals surface area contributed by atoms with Gasteiger partial charge in [-0.25, -0.2) is 0 Å². The molecule has 0 radical (unpaired) electrons. The van der Waals surface area contributed by atoms with Gasteiger partial charge in [0.2, 0.25) is 0 Å². The Bertz CT molecular complexity index is 1030. The number of para-hydroxylation sites is 1. The first kappa shape index (κ1) is 14.7. The number of aromatic nitrogens is 1. The summed E-state index contributed by atoms with van der Waals surface area (Å²) in [5.41, 5.74) is 3.30. The molecule has 120 valence electrons. The molecule has 0 N–H and O–H groups in total. The van der Waals surface area contributed by atoms with Crippen LogP contribution in [0.1, 0.15) is 29.0 Å². The van der Waals surface area contributed by atoms with Crippen molar-refractivity contribution in [1.82, 2.24) is 4.57 Å². The van der Waals surface area contributed by atoms with Crippen molar-refractivity contribution in [2.75, 3.05) is 0 Å². The van der Waals surface area contributed by atoms with Gasteiger partial charge in [0.05, 0.1) is 17.5 Å². The van der Waals surface area contributed by atoms with E-state index in [4.69, 9.17) is 4.74 Å². The van der Waals surface area contributed by atoms with Gasteiger partial charge in [-0.3, -0.25) is 9.59 Å². The Morgan fingerprint density at radius 1 is 1.08 bits per heavy atom. The Kier molecular flexibility index (Phi) is 3.27. The van der Waals surface area contributed by atoms with E-state index in [-0.39, 0.29) is 23.9 Å². The van der Waals surface area contributed by atoms with Crippen LogP contribution in [0.3, 0.4) is 0 Å². The minimum Gasteiger partial charge on any atom is -0.425 e. The van der Waals surface area contributed by atoms with Gasteiger partial charge in [-0.15, -0.1) is 0 Å². The highest BCUT2D eigenvalue weighted by atomic mass is 16.5. The number of rotatable bonds is 1. The number of hydrogen-bond donors (Lipinski definition) is 0. The minimum atomic E-state index is -0.299. The molecule has 0 amide bonds. The van der Waals surface area contributed by atoms with E-state index in [0.29, 0.717) is 11.3 Å². The van der Waals surface area contributed by atoms with Gasteiger partial charge >= 0.3 is 5.97 Å². The van der Waals surface area contributed by atoms with Crippen LogP contribution in [-0.4, -0.2) is 10.5 Å². The summed E-state index contributed by atoms with van der Waals surface area (Å²) in [5, 5.41) is 0.792. The van der Waals surface area contributed by atoms with E-state index < -0.39 is 0 Å². The third-order valence-corrected chi connectivity index (χ3v) is 4.67. The number of benzene rings is 2. The fourth-order valence-corrected chi connectivity index (χ4v) is 3.50. The van der Waals surface area contributed by atoms with Crippen molar-refractivity contribution in [3.05, 3.63) is 75.6 Å². The molecule has 0 fully saturated rings. The number of carbonyl (C=O) groups is 1. The number of fused-ring (bicyclic) bond motifs is 3. The predicted molar refractivity (Wildman–Crippen MR) is 92.5 cm³/mol. The number of aryl methyl sites for hydroxylation is 2. The molecular weight excluding hydrogens is 302 g/mol. The molecule has 1 aliphatic rings. The lowest BCUT2D eigenvalue weighted by atomic mass is 9.85. The van der Waals surface area contributed by atoms with Crippen LogP contribution in [0.2, 0.25) is 0 Å². The standard InChI is InChI=1S/C20H17NO3/c1-12-6-5-7-13(10-12)15-11-17(22)24-19-14-8-3-4-9-16(14)21(2)20(23)18(15)19/h3-10,15H,11H2,1-2H3. The lowest BCUT2D eigenvalue weighted by molar-refractivity contribution is -0.135. The topological polar surface area (TPSA) is 48.3 Å². The molecule has 3 aromatic rings. The second-order valence-corrected chi connectivity index (χ2v) is 6.27. The molecule has 2 heterocycles. The highest BCUT2D eigenvalue weighted by molar-refractivity contribution is 5.91. The molecule has 0 aliphatic carbocycles. The van der Waals surface area contributed by atoms with Crippen molar-refractivity contribution in [2.24, 2.45) is 7.05 Å². The molecule has 4 rings (SSSR count). The van der Waals surface area contributed by atoms with Crippen LogP contribution < -0.4 is 10.3 Å². The van der Waals surface area contributed by atoms with E-state index in [2.05, 4.69) is 0 Å². The third kappa shape index (κ3) is 2.14. The summed E-state index contributed by atoms with van der Waals surface area (Å²) in [4.78, 5) is 25.2. The first-order valence-electron chi connectivity index (χ1n) is 7.95. The van der Waals surface area contributed by atoms with Crippen molar-refractivity contribution in [1.29, 1.82) is 0 Å². The van der Waals surface area contributed by atoms with E-state index in [0.717, 1.165) is 22.0 Å². The van der Waals surface area contributed by atoms with Gasteiger partial charge < -0.3 is 9.30 Å². The molecule has 24 heavy (non-hydrogen) atoms. The SMILES string of the molecule is Cc1cccc(C2CC(=O)Oc3c2c(=O)n(C)c2ccccc32)c1. The lowest BCUT2D eigenvalue weighted by Crippen LogP contribution is -2.31. The van der Waals surface area contributed by atoms with Crippen molar-refractivity contribution in [3.8, 4) is 5.75 Å². The first-order chi connectivity index (χ1) is 11.6. The zero-order chi connectivity index (χ0) is 16.8. The maximum Gasteiger partial charge on any atom is 0.312 e. The highest BCUT2D eigenvalue weighted by Gasteiger charge is 2.33. The molecule has 1 unspecified atom stereocenters. The molecule has 0 saturated carbocycles. The fourth-order valence-electron chi connectivity index (χ4n) is 3.50. The molecule has 2 aromatic carbocycles. The monoisotopic (exact) mass is 319 g/mol. The number of esters is 1. The van der Waals surface area contributed by atoms with E-state index in [1.807, 2.05) is 55.5 Å². The third-order valence-electron chi connectivity index (χ3n) is 4.67. The van der Waals surface area contributed by atoms with Crippen LogP contribution in [0.5, 0.6) is 5.75 Å². The molecule has 0 bridgehead atoms. The van der Waals surface area contributed by atoms with Gasteiger partial charge in [0.25, 0.3) is 5.56 Å². The van der Waals surface area contributed by atoms with Crippen LogP contribution in [0.25, 0.3) is 10.9 Å². The number of ether oxygens (including phenoxy) is 1. The quantitative estimate of drug-likeness (QED) is 0.647. The van der Waals surface area contributed by atoms with Crippen molar-refractivity contribution in [2.45, 2.75) is 19.3 Å². The summed E-state index contributed by atoms with van der Waals surface area (Å²) in [6, 6.07) is 15.5. The zero-order valence-electron chi connectivity index (χ0n) is 13.6. The Hall–Kier alpha value is -2.88. The maximum absolute atomic E-state index is 13.0. The van der Waals surface area contributed by atoms with E-state index in [1.165, 1.54) is 0 Å². The average Bonchev–Trinajstić information content (AvgIpc) is 2.59. The molecule has 1 atom stereocenters. The predicted octanol–water partition coefficient (Wildman–Crippen LogP) is 3.29. The molecule has 4 nitrogen and oxygen atoms in total. The number of hydrogen-bond acceptors (Lipinski definition) is 3. The largest absolute Gasteiger partial charge is 0.425 e. The molecule has 1 aliphatic heterocycles. The normalized spacial score (nSPS) is 16.8. The van der Waals surface area contributed by atoms with Gasteiger partial charge in [0, 0.05) is 18.4 Å². The summed E-state index contributed by atoms with van der Waals surface area (Å²) < 4.78 is 7.15. The number of pyridine rings is 1. The molecule has 0 spiro atoms. The minimum absolute atomic E-state index is 0.109. The van der Waals surface area contributed by atoms with Crippen molar-refractivity contribution in [3.63, 3.8) is 0 Å². The zero-order valence-corrected chi connectivity index (χ0v) is 13.6. The van der Waals surface area contributed by atoms with Gasteiger partial charge in [0.15, 0.2) is 0 Å². The van der Waals surface area contributed by atoms with Gasteiger partial charge in [-0.1, -0.05) is 42.0 Å². The van der Waals surface area contributed by atoms with E-state index in [1.54, 1.807) is 11.6 Å². The second kappa shape index (κ2) is 5.34. The van der Waals surface area contributed by atoms with Crippen molar-refractivity contribution >= 4 is 16.9 Å². The number of nitrogens with zero attached hydrogens (tertiary/aromatic N) is 1. The fraction of sp³-hybridized carbons (Fsp3) is 0.200. The Morgan fingerprint density at radius 2 is 1.88 bits per heavy atom. The van der Waals surface area contributed by atoms with Crippen LogP contribution in [0, 0.1) is 6.92 Å². The summed E-state index contributed by atoms with van der Waals surface area (Å²) in [7, 11) is 1.76. The average molecular weight is 319 g/mol. The number of carbonyl (C=O) groups excluding carboxylic acids is 1. The van der Waals surface area contributed by atoms with Crippen LogP contribution in [-0.2, 0) is 11.8 Å². The van der Waals surface area contributed by atoms with Gasteiger partial charge in [-0.05, 0) is 24.6 Å². The Balaban J connectivity index is 2.07. The summed E-state index contributed by atoms with van der Waals surface area (Å²) in [6.07, 6.45) is 0.185. The molecular formula is C20H17NO3. The van der Waals surface area contributed by atoms with Crippen LogP contribution in [0.4, 0.5) is 0 Å². The highest BCUT2D eigenvalue weighted by Crippen LogP contribution is 2.40. The first-order valence-corrected chi connectivity index (χ1v) is 7.95. The van der Waals surface area contributed by atoms with Crippen molar-refractivity contribution < 1.29 is 9.53 Å². The summed E-state index contributed by atoms with van der Waals surface area (Å²) in [5.74, 6) is -0.159.